The second-order valence-corrected chi connectivity index (χ2v) is 5.81. The summed E-state index contributed by atoms with van der Waals surface area (Å²) in [5.74, 6) is -0.573. The number of amidine groups is 1. The van der Waals surface area contributed by atoms with Crippen molar-refractivity contribution in [2.75, 3.05) is 17.6 Å². The fraction of sp³-hybridized carbons (Fsp3) is 0.417. The Bertz CT molecular complexity index is 633. The van der Waals surface area contributed by atoms with E-state index in [-0.39, 0.29) is 17.5 Å². The van der Waals surface area contributed by atoms with Gasteiger partial charge in [-0.2, -0.15) is 13.2 Å². The predicted octanol–water partition coefficient (Wildman–Crippen LogP) is 2.01. The molecule has 112 valence electrons. The van der Waals surface area contributed by atoms with E-state index in [0.29, 0.717) is 5.75 Å². The van der Waals surface area contributed by atoms with Crippen molar-refractivity contribution in [2.45, 2.75) is 18.8 Å². The second-order valence-electron chi connectivity index (χ2n) is 4.75. The van der Waals surface area contributed by atoms with E-state index in [1.807, 2.05) is 0 Å². The minimum Gasteiger partial charge on any atom is -0.331 e. The van der Waals surface area contributed by atoms with Gasteiger partial charge in [-0.25, -0.2) is 9.98 Å². The number of nitrogens with one attached hydrogen (secondary N) is 1. The summed E-state index contributed by atoms with van der Waals surface area (Å²) in [6.45, 7) is 1.96. The molecule has 1 aromatic rings. The first-order chi connectivity index (χ1) is 9.83. The number of hydrogen-bond acceptors (Lipinski definition) is 5. The van der Waals surface area contributed by atoms with Crippen molar-refractivity contribution in [3.8, 4) is 0 Å². The lowest BCUT2D eigenvalue weighted by atomic mass is 10.1. The molecular formula is C12H11F3N4OS. The molecule has 21 heavy (non-hydrogen) atoms. The fourth-order valence-corrected chi connectivity index (χ4v) is 3.18. The quantitative estimate of drug-likeness (QED) is 0.907. The summed E-state index contributed by atoms with van der Waals surface area (Å²) in [4.78, 5) is 20.8. The monoisotopic (exact) mass is 316 g/mol. The Labute approximate surface area is 122 Å². The number of hydrogen-bond donors (Lipinski definition) is 1. The van der Waals surface area contributed by atoms with E-state index < -0.39 is 17.7 Å². The maximum Gasteiger partial charge on any atom is 0.442 e. The van der Waals surface area contributed by atoms with Gasteiger partial charge < -0.3 is 5.32 Å². The predicted molar refractivity (Wildman–Crippen MR) is 73.0 cm³/mol. The SMILES string of the molecule is Cc1ccnc(N[C@@]2(C(F)(F)F)N=C3SCCN3C2=O)c1. The number of nitrogens with zero attached hydrogens (tertiary/aromatic N) is 3. The van der Waals surface area contributed by atoms with Crippen LogP contribution in [0, 0.1) is 6.92 Å². The van der Waals surface area contributed by atoms with Gasteiger partial charge in [0.1, 0.15) is 5.82 Å². The second kappa shape index (κ2) is 4.62. The van der Waals surface area contributed by atoms with Crippen LogP contribution in [-0.2, 0) is 4.79 Å². The van der Waals surface area contributed by atoms with Crippen molar-refractivity contribution < 1.29 is 18.0 Å². The molecular weight excluding hydrogens is 305 g/mol. The number of aliphatic imine (C=N–C) groups is 1. The third kappa shape index (κ3) is 2.15. The highest BCUT2D eigenvalue weighted by Gasteiger charge is 2.67. The molecule has 0 saturated carbocycles. The molecule has 1 fully saturated rings. The van der Waals surface area contributed by atoms with Crippen molar-refractivity contribution in [3.63, 3.8) is 0 Å². The number of thioether (sulfide) groups is 1. The third-order valence-corrected chi connectivity index (χ3v) is 4.19. The Morgan fingerprint density at radius 3 is 2.86 bits per heavy atom. The number of carbonyl (C=O) groups excluding carboxylic acids is 1. The molecule has 1 N–H and O–H groups in total. The first-order valence-corrected chi connectivity index (χ1v) is 7.14. The van der Waals surface area contributed by atoms with Gasteiger partial charge in [-0.15, -0.1) is 0 Å². The average Bonchev–Trinajstić information content (AvgIpc) is 2.92. The van der Waals surface area contributed by atoms with Crippen LogP contribution < -0.4 is 5.32 Å². The Balaban J connectivity index is 2.04. The van der Waals surface area contributed by atoms with Gasteiger partial charge in [0.25, 0.3) is 5.91 Å². The topological polar surface area (TPSA) is 57.6 Å². The zero-order chi connectivity index (χ0) is 15.3. The largest absolute Gasteiger partial charge is 0.442 e. The Morgan fingerprint density at radius 1 is 1.48 bits per heavy atom. The van der Waals surface area contributed by atoms with Crippen LogP contribution in [0.5, 0.6) is 0 Å². The summed E-state index contributed by atoms with van der Waals surface area (Å²) < 4.78 is 40.5. The lowest BCUT2D eigenvalue weighted by Crippen LogP contribution is -2.57. The molecule has 0 spiro atoms. The zero-order valence-electron chi connectivity index (χ0n) is 10.9. The molecule has 1 amide bonds. The van der Waals surface area contributed by atoms with Crippen LogP contribution >= 0.6 is 11.8 Å². The van der Waals surface area contributed by atoms with Crippen molar-refractivity contribution in [1.82, 2.24) is 9.88 Å². The highest BCUT2D eigenvalue weighted by Crippen LogP contribution is 2.42. The zero-order valence-corrected chi connectivity index (χ0v) is 11.8. The summed E-state index contributed by atoms with van der Waals surface area (Å²) in [5.41, 5.74) is -2.24. The number of carbonyl (C=O) groups is 1. The highest BCUT2D eigenvalue weighted by molar-refractivity contribution is 8.14. The number of pyridine rings is 1. The van der Waals surface area contributed by atoms with Crippen molar-refractivity contribution >= 4 is 28.7 Å². The number of amides is 1. The summed E-state index contributed by atoms with van der Waals surface area (Å²) in [5, 5.41) is 2.29. The van der Waals surface area contributed by atoms with Crippen LogP contribution in [0.15, 0.2) is 23.3 Å². The van der Waals surface area contributed by atoms with Crippen molar-refractivity contribution in [1.29, 1.82) is 0 Å². The number of aryl methyl sites for hydroxylation is 1. The lowest BCUT2D eigenvalue weighted by molar-refractivity contribution is -0.185. The summed E-state index contributed by atoms with van der Waals surface area (Å²) in [6, 6.07) is 3.10. The smallest absolute Gasteiger partial charge is 0.331 e. The summed E-state index contributed by atoms with van der Waals surface area (Å²) >= 11 is 1.14. The van der Waals surface area contributed by atoms with E-state index in [0.717, 1.165) is 22.2 Å². The normalized spacial score (nSPS) is 25.0. The molecule has 3 rings (SSSR count). The molecule has 0 aromatic carbocycles. The lowest BCUT2D eigenvalue weighted by Gasteiger charge is -2.29. The van der Waals surface area contributed by atoms with E-state index in [4.69, 9.17) is 0 Å². The summed E-state index contributed by atoms with van der Waals surface area (Å²) in [7, 11) is 0. The fourth-order valence-electron chi connectivity index (χ4n) is 2.20. The Morgan fingerprint density at radius 2 is 2.24 bits per heavy atom. The number of anilines is 1. The molecule has 1 atom stereocenters. The molecule has 1 saturated heterocycles. The minimum absolute atomic E-state index is 0.0313. The first-order valence-electron chi connectivity index (χ1n) is 6.16. The number of halogens is 3. The number of rotatable bonds is 2. The molecule has 2 aliphatic heterocycles. The van der Waals surface area contributed by atoms with Gasteiger partial charge in [0.05, 0.1) is 0 Å². The molecule has 9 heteroatoms. The maximum atomic E-state index is 13.5. The maximum absolute atomic E-state index is 13.5. The van der Waals surface area contributed by atoms with Gasteiger partial charge >= 0.3 is 11.8 Å². The van der Waals surface area contributed by atoms with Crippen LogP contribution in [0.25, 0.3) is 0 Å². The third-order valence-electron chi connectivity index (χ3n) is 3.23. The van der Waals surface area contributed by atoms with Crippen LogP contribution in [0.1, 0.15) is 5.56 Å². The van der Waals surface area contributed by atoms with Crippen LogP contribution in [0.2, 0.25) is 0 Å². The Hall–Kier alpha value is -1.77. The van der Waals surface area contributed by atoms with Gasteiger partial charge in [-0.1, -0.05) is 11.8 Å². The standard InChI is InChI=1S/C12H11F3N4OS/c1-7-2-3-16-8(6-7)17-11(12(13,14)15)9(20)19-4-5-21-10(19)18-11/h2-3,6H,4-5H2,1H3,(H,16,17)/t11-/m1/s1. The van der Waals surface area contributed by atoms with Gasteiger partial charge in [0.2, 0.25) is 0 Å². The summed E-state index contributed by atoms with van der Waals surface area (Å²) in [6.07, 6.45) is -3.47. The van der Waals surface area contributed by atoms with Crippen molar-refractivity contribution in [2.24, 2.45) is 4.99 Å². The van der Waals surface area contributed by atoms with E-state index in [2.05, 4.69) is 15.3 Å². The van der Waals surface area contributed by atoms with Crippen LogP contribution in [0.3, 0.4) is 0 Å². The molecule has 0 radical (unpaired) electrons. The number of fused-ring (bicyclic) bond motifs is 1. The van der Waals surface area contributed by atoms with Crippen molar-refractivity contribution in [3.05, 3.63) is 23.9 Å². The van der Waals surface area contributed by atoms with Gasteiger partial charge in [-0.3, -0.25) is 9.69 Å². The molecule has 0 unspecified atom stereocenters. The van der Waals surface area contributed by atoms with Gasteiger partial charge in [-0.05, 0) is 24.6 Å². The van der Waals surface area contributed by atoms with Crippen LogP contribution in [-0.4, -0.2) is 45.1 Å². The minimum atomic E-state index is -4.85. The highest BCUT2D eigenvalue weighted by atomic mass is 32.2. The number of alkyl halides is 3. The van der Waals surface area contributed by atoms with Gasteiger partial charge in [0.15, 0.2) is 5.17 Å². The van der Waals surface area contributed by atoms with E-state index in [1.54, 1.807) is 13.0 Å². The van der Waals surface area contributed by atoms with Crippen LogP contribution in [0.4, 0.5) is 19.0 Å². The average molecular weight is 316 g/mol. The molecule has 0 bridgehead atoms. The molecule has 2 aliphatic rings. The van der Waals surface area contributed by atoms with E-state index in [9.17, 15) is 18.0 Å². The van der Waals surface area contributed by atoms with Gasteiger partial charge in [0, 0.05) is 18.5 Å². The molecule has 1 aromatic heterocycles. The van der Waals surface area contributed by atoms with E-state index >= 15 is 0 Å². The molecule has 3 heterocycles. The molecule has 0 aliphatic carbocycles. The molecule has 5 nitrogen and oxygen atoms in total. The first kappa shape index (κ1) is 14.2. The van der Waals surface area contributed by atoms with E-state index in [1.165, 1.54) is 12.3 Å². The number of aromatic nitrogens is 1. The Kier molecular flexibility index (Phi) is 3.12.